The topological polar surface area (TPSA) is 78.7 Å². The highest BCUT2D eigenvalue weighted by Crippen LogP contribution is 2.14. The standard InChI is InChI=1S/C17H19BrN4O3/c18-14-3-1-2-13(10-14)11-20-6-8-21(9-7-20)16(23)12-22-15(17(24)25)4-5-19-22/h1-5,10H,6-9,11-12H2,(H,24,25). The Labute approximate surface area is 154 Å². The molecule has 1 saturated heterocycles. The van der Waals surface area contributed by atoms with Crippen LogP contribution in [0.15, 0.2) is 41.0 Å². The van der Waals surface area contributed by atoms with Gasteiger partial charge in [-0.1, -0.05) is 28.1 Å². The average Bonchev–Trinajstić information content (AvgIpc) is 3.04. The SMILES string of the molecule is O=C(O)c1ccnn1CC(=O)N1CCN(Cc2cccc(Br)c2)CC1. The number of hydrogen-bond acceptors (Lipinski definition) is 4. The zero-order valence-corrected chi connectivity index (χ0v) is 15.2. The maximum atomic E-state index is 12.4. The molecule has 1 aromatic heterocycles. The van der Waals surface area contributed by atoms with E-state index in [0.29, 0.717) is 13.1 Å². The molecule has 0 radical (unpaired) electrons. The number of hydrogen-bond donors (Lipinski definition) is 1. The van der Waals surface area contributed by atoms with E-state index in [-0.39, 0.29) is 18.1 Å². The molecule has 2 heterocycles. The predicted octanol–water partition coefficient (Wildman–Crippen LogP) is 1.69. The minimum absolute atomic E-state index is 0.0293. The van der Waals surface area contributed by atoms with Gasteiger partial charge in [-0.05, 0) is 23.8 Å². The molecule has 0 bridgehead atoms. The highest BCUT2D eigenvalue weighted by Gasteiger charge is 2.22. The van der Waals surface area contributed by atoms with Gasteiger partial charge in [-0.2, -0.15) is 5.10 Å². The molecule has 1 amide bonds. The number of piperazine rings is 1. The lowest BCUT2D eigenvalue weighted by Crippen LogP contribution is -2.49. The second-order valence-electron chi connectivity index (χ2n) is 5.97. The van der Waals surface area contributed by atoms with E-state index in [4.69, 9.17) is 5.11 Å². The quantitative estimate of drug-likeness (QED) is 0.816. The van der Waals surface area contributed by atoms with Gasteiger partial charge in [0.2, 0.25) is 5.91 Å². The van der Waals surface area contributed by atoms with Gasteiger partial charge in [-0.15, -0.1) is 0 Å². The summed E-state index contributed by atoms with van der Waals surface area (Å²) in [6.07, 6.45) is 1.40. The maximum absolute atomic E-state index is 12.4. The molecule has 1 N–H and O–H groups in total. The Balaban J connectivity index is 1.52. The van der Waals surface area contributed by atoms with E-state index in [1.807, 2.05) is 12.1 Å². The number of carbonyl (C=O) groups excluding carboxylic acids is 1. The van der Waals surface area contributed by atoms with Crippen molar-refractivity contribution >= 4 is 27.8 Å². The maximum Gasteiger partial charge on any atom is 0.354 e. The van der Waals surface area contributed by atoms with Gasteiger partial charge < -0.3 is 10.0 Å². The summed E-state index contributed by atoms with van der Waals surface area (Å²) < 4.78 is 2.30. The van der Waals surface area contributed by atoms with Crippen molar-refractivity contribution in [1.29, 1.82) is 0 Å². The fraction of sp³-hybridized carbons (Fsp3) is 0.353. The fourth-order valence-corrected chi connectivity index (χ4v) is 3.36. The molecule has 0 atom stereocenters. The summed E-state index contributed by atoms with van der Waals surface area (Å²) in [5.74, 6) is -1.18. The number of rotatable bonds is 5. The monoisotopic (exact) mass is 406 g/mol. The molecule has 1 aliphatic heterocycles. The van der Waals surface area contributed by atoms with E-state index in [2.05, 4.69) is 38.1 Å². The van der Waals surface area contributed by atoms with Crippen LogP contribution in [0, 0.1) is 0 Å². The van der Waals surface area contributed by atoms with Crippen molar-refractivity contribution < 1.29 is 14.7 Å². The second-order valence-corrected chi connectivity index (χ2v) is 6.88. The molecule has 8 heteroatoms. The molecule has 1 aliphatic rings. The third-order valence-electron chi connectivity index (χ3n) is 4.24. The Bertz CT molecular complexity index is 769. The molecule has 7 nitrogen and oxygen atoms in total. The van der Waals surface area contributed by atoms with Gasteiger partial charge in [0.05, 0.1) is 0 Å². The Hall–Kier alpha value is -2.19. The second kappa shape index (κ2) is 7.79. The van der Waals surface area contributed by atoms with Gasteiger partial charge in [0.25, 0.3) is 0 Å². The van der Waals surface area contributed by atoms with E-state index in [1.165, 1.54) is 22.5 Å². The fourth-order valence-electron chi connectivity index (χ4n) is 2.92. The van der Waals surface area contributed by atoms with Crippen LogP contribution in [-0.4, -0.2) is 62.7 Å². The molecule has 0 spiro atoms. The van der Waals surface area contributed by atoms with Crippen LogP contribution in [0.25, 0.3) is 0 Å². The molecule has 25 heavy (non-hydrogen) atoms. The first-order valence-corrected chi connectivity index (χ1v) is 8.82. The average molecular weight is 407 g/mol. The molecule has 0 saturated carbocycles. The van der Waals surface area contributed by atoms with Crippen molar-refractivity contribution in [2.45, 2.75) is 13.1 Å². The first kappa shape index (κ1) is 17.6. The predicted molar refractivity (Wildman–Crippen MR) is 95.2 cm³/mol. The first-order chi connectivity index (χ1) is 12.0. The number of aromatic carboxylic acids is 1. The number of nitrogens with zero attached hydrogens (tertiary/aromatic N) is 4. The van der Waals surface area contributed by atoms with Gasteiger partial charge in [-0.3, -0.25) is 9.69 Å². The molecule has 1 fully saturated rings. The van der Waals surface area contributed by atoms with Crippen molar-refractivity contribution in [1.82, 2.24) is 19.6 Å². The van der Waals surface area contributed by atoms with Crippen LogP contribution in [0.4, 0.5) is 0 Å². The van der Waals surface area contributed by atoms with Crippen molar-refractivity contribution in [2.75, 3.05) is 26.2 Å². The third kappa shape index (κ3) is 4.46. The zero-order chi connectivity index (χ0) is 17.8. The Morgan fingerprint density at radius 2 is 1.92 bits per heavy atom. The normalized spacial score (nSPS) is 15.3. The van der Waals surface area contributed by atoms with Crippen LogP contribution in [0.1, 0.15) is 16.1 Å². The molecule has 0 aliphatic carbocycles. The molecule has 1 aromatic carbocycles. The van der Waals surface area contributed by atoms with Gasteiger partial charge >= 0.3 is 5.97 Å². The number of carbonyl (C=O) groups is 2. The van der Waals surface area contributed by atoms with Crippen LogP contribution < -0.4 is 0 Å². The van der Waals surface area contributed by atoms with E-state index in [1.54, 1.807) is 4.90 Å². The van der Waals surface area contributed by atoms with Crippen LogP contribution in [0.3, 0.4) is 0 Å². The number of carboxylic acid groups (broad SMARTS) is 1. The van der Waals surface area contributed by atoms with E-state index >= 15 is 0 Å². The Morgan fingerprint density at radius 1 is 1.16 bits per heavy atom. The van der Waals surface area contributed by atoms with Gasteiger partial charge in [-0.25, -0.2) is 9.48 Å². The summed E-state index contributed by atoms with van der Waals surface area (Å²) >= 11 is 3.48. The van der Waals surface area contributed by atoms with Crippen LogP contribution in [0.5, 0.6) is 0 Å². The van der Waals surface area contributed by atoms with Gasteiger partial charge in [0.15, 0.2) is 0 Å². The van der Waals surface area contributed by atoms with Crippen molar-refractivity contribution in [3.8, 4) is 0 Å². The van der Waals surface area contributed by atoms with Crippen LogP contribution in [0.2, 0.25) is 0 Å². The minimum Gasteiger partial charge on any atom is -0.477 e. The Kier molecular flexibility index (Phi) is 5.50. The molecule has 3 rings (SSSR count). The molecular weight excluding hydrogens is 388 g/mol. The molecule has 2 aromatic rings. The Morgan fingerprint density at radius 3 is 2.60 bits per heavy atom. The van der Waals surface area contributed by atoms with Gasteiger partial charge in [0, 0.05) is 43.4 Å². The summed E-state index contributed by atoms with van der Waals surface area (Å²) in [5.41, 5.74) is 1.26. The number of halogens is 1. The van der Waals surface area contributed by atoms with Crippen molar-refractivity contribution in [2.24, 2.45) is 0 Å². The zero-order valence-electron chi connectivity index (χ0n) is 13.6. The van der Waals surface area contributed by atoms with Crippen molar-refractivity contribution in [3.05, 3.63) is 52.3 Å². The van der Waals surface area contributed by atoms with E-state index in [9.17, 15) is 9.59 Å². The number of aromatic nitrogens is 2. The highest BCUT2D eigenvalue weighted by molar-refractivity contribution is 9.10. The van der Waals surface area contributed by atoms with Crippen LogP contribution in [-0.2, 0) is 17.9 Å². The van der Waals surface area contributed by atoms with E-state index in [0.717, 1.165) is 24.1 Å². The highest BCUT2D eigenvalue weighted by atomic mass is 79.9. The molecule has 0 unspecified atom stereocenters. The summed E-state index contributed by atoms with van der Waals surface area (Å²) in [6.45, 7) is 3.67. The van der Waals surface area contributed by atoms with Gasteiger partial charge in [0.1, 0.15) is 12.2 Å². The first-order valence-electron chi connectivity index (χ1n) is 8.02. The lowest BCUT2D eigenvalue weighted by Gasteiger charge is -2.34. The van der Waals surface area contributed by atoms with E-state index < -0.39 is 5.97 Å². The lowest BCUT2D eigenvalue weighted by molar-refractivity contribution is -0.133. The number of carboxylic acids is 1. The minimum atomic E-state index is -1.08. The smallest absolute Gasteiger partial charge is 0.354 e. The molecular formula is C17H19BrN4O3. The largest absolute Gasteiger partial charge is 0.477 e. The van der Waals surface area contributed by atoms with Crippen LogP contribution >= 0.6 is 15.9 Å². The third-order valence-corrected chi connectivity index (χ3v) is 4.73. The molecule has 132 valence electrons. The van der Waals surface area contributed by atoms with Crippen molar-refractivity contribution in [3.63, 3.8) is 0 Å². The number of benzene rings is 1. The lowest BCUT2D eigenvalue weighted by atomic mass is 10.2. The summed E-state index contributed by atoms with van der Waals surface area (Å²) in [7, 11) is 0. The summed E-state index contributed by atoms with van der Waals surface area (Å²) in [4.78, 5) is 27.6. The number of amides is 1. The summed E-state index contributed by atoms with van der Waals surface area (Å²) in [6, 6.07) is 9.60. The summed E-state index contributed by atoms with van der Waals surface area (Å²) in [5, 5.41) is 13.0.